The van der Waals surface area contributed by atoms with Crippen LogP contribution in [0, 0.1) is 0 Å². The van der Waals surface area contributed by atoms with Crippen molar-refractivity contribution in [2.75, 3.05) is 0 Å². The Bertz CT molecular complexity index is 523. The Labute approximate surface area is 129 Å². The van der Waals surface area contributed by atoms with E-state index in [0.717, 1.165) is 0 Å². The fourth-order valence-corrected chi connectivity index (χ4v) is 2.06. The lowest BCUT2D eigenvalue weighted by Gasteiger charge is -2.05. The van der Waals surface area contributed by atoms with E-state index in [4.69, 9.17) is 0 Å². The van der Waals surface area contributed by atoms with Crippen molar-refractivity contribution in [1.29, 1.82) is 0 Å². The molecule has 1 aromatic rings. The maximum absolute atomic E-state index is 12.4. The van der Waals surface area contributed by atoms with Crippen LogP contribution in [0.2, 0.25) is 0 Å². The van der Waals surface area contributed by atoms with Gasteiger partial charge < -0.3 is 0 Å². The van der Waals surface area contributed by atoms with Gasteiger partial charge in [-0.3, -0.25) is 14.9 Å². The molecule has 120 valence electrons. The number of amides is 2. The second-order valence-corrected chi connectivity index (χ2v) is 5.02. The van der Waals surface area contributed by atoms with Crippen LogP contribution in [-0.2, 0) is 4.79 Å². The third-order valence-electron chi connectivity index (χ3n) is 3.37. The highest BCUT2D eigenvalue weighted by atomic mass is 19.3. The summed E-state index contributed by atoms with van der Waals surface area (Å²) in [5.41, 5.74) is 0.621. The first-order valence-corrected chi connectivity index (χ1v) is 7.46. The van der Waals surface area contributed by atoms with Crippen LogP contribution in [0.1, 0.15) is 55.8 Å². The first kappa shape index (κ1) is 18.0. The van der Waals surface area contributed by atoms with E-state index in [1.807, 2.05) is 0 Å². The van der Waals surface area contributed by atoms with Crippen molar-refractivity contribution in [1.82, 2.24) is 5.32 Å². The molecule has 0 saturated carbocycles. The van der Waals surface area contributed by atoms with Crippen LogP contribution in [0.5, 0.6) is 0 Å². The van der Waals surface area contributed by atoms with E-state index >= 15 is 0 Å². The van der Waals surface area contributed by atoms with Crippen LogP contribution in [0.4, 0.5) is 8.78 Å². The standard InChI is InChI=1S/C17H21F2NO2/c1-2-13(16(18)19)9-5-4-8-12-15(21)20-17(22)14-10-6-3-7-11-14/h3,6-7,10-11H,2,4-5,8-9,12H2,1H3,(H,20,21,22). The molecule has 0 aliphatic rings. The van der Waals surface area contributed by atoms with E-state index in [2.05, 4.69) is 5.32 Å². The van der Waals surface area contributed by atoms with Crippen molar-refractivity contribution in [2.45, 2.75) is 45.4 Å². The Morgan fingerprint density at radius 3 is 2.23 bits per heavy atom. The maximum Gasteiger partial charge on any atom is 0.269 e. The summed E-state index contributed by atoms with van der Waals surface area (Å²) in [6.07, 6.45) is 1.25. The zero-order chi connectivity index (χ0) is 16.4. The number of halogens is 2. The molecule has 0 fully saturated rings. The van der Waals surface area contributed by atoms with E-state index in [1.54, 1.807) is 37.3 Å². The molecule has 1 N–H and O–H groups in total. The third-order valence-corrected chi connectivity index (χ3v) is 3.37. The van der Waals surface area contributed by atoms with Gasteiger partial charge in [0.05, 0.1) is 0 Å². The average Bonchev–Trinajstić information content (AvgIpc) is 2.51. The lowest BCUT2D eigenvalue weighted by Crippen LogP contribution is -2.30. The molecule has 0 aromatic heterocycles. The van der Waals surface area contributed by atoms with Gasteiger partial charge in [0.15, 0.2) is 0 Å². The molecule has 5 heteroatoms. The highest BCUT2D eigenvalue weighted by Gasteiger charge is 2.09. The molecule has 0 atom stereocenters. The van der Waals surface area contributed by atoms with Crippen molar-refractivity contribution in [2.24, 2.45) is 0 Å². The number of nitrogens with one attached hydrogen (secondary N) is 1. The number of hydrogen-bond acceptors (Lipinski definition) is 2. The minimum atomic E-state index is -1.59. The van der Waals surface area contributed by atoms with Crippen molar-refractivity contribution in [3.05, 3.63) is 47.5 Å². The second kappa shape index (κ2) is 9.82. The number of carbonyl (C=O) groups is 2. The summed E-state index contributed by atoms with van der Waals surface area (Å²) < 4.78 is 24.8. The van der Waals surface area contributed by atoms with Gasteiger partial charge in [0.25, 0.3) is 12.0 Å². The predicted octanol–water partition coefficient (Wildman–Crippen LogP) is 4.45. The Morgan fingerprint density at radius 1 is 1.00 bits per heavy atom. The third kappa shape index (κ3) is 6.61. The molecule has 0 heterocycles. The van der Waals surface area contributed by atoms with E-state index in [-0.39, 0.29) is 17.9 Å². The molecule has 0 unspecified atom stereocenters. The highest BCUT2D eigenvalue weighted by Crippen LogP contribution is 2.19. The molecule has 2 amide bonds. The van der Waals surface area contributed by atoms with Gasteiger partial charge >= 0.3 is 0 Å². The summed E-state index contributed by atoms with van der Waals surface area (Å²) in [5, 5.41) is 2.32. The molecule has 0 saturated heterocycles. The molecule has 0 aliphatic carbocycles. The van der Waals surface area contributed by atoms with Crippen LogP contribution >= 0.6 is 0 Å². The summed E-state index contributed by atoms with van der Waals surface area (Å²) in [5.74, 6) is -0.752. The lowest BCUT2D eigenvalue weighted by atomic mass is 10.1. The van der Waals surface area contributed by atoms with Crippen LogP contribution < -0.4 is 5.32 Å². The molecular weight excluding hydrogens is 288 g/mol. The predicted molar refractivity (Wildman–Crippen MR) is 81.5 cm³/mol. The van der Waals surface area contributed by atoms with Crippen molar-refractivity contribution >= 4 is 11.8 Å². The monoisotopic (exact) mass is 309 g/mol. The Kier molecular flexibility index (Phi) is 8.04. The summed E-state index contributed by atoms with van der Waals surface area (Å²) in [4.78, 5) is 23.4. The summed E-state index contributed by atoms with van der Waals surface area (Å²) in [6.45, 7) is 1.71. The smallest absolute Gasteiger partial charge is 0.269 e. The number of imide groups is 1. The van der Waals surface area contributed by atoms with Crippen molar-refractivity contribution in [3.8, 4) is 0 Å². The molecule has 1 aromatic carbocycles. The fraction of sp³-hybridized carbons (Fsp3) is 0.412. The van der Waals surface area contributed by atoms with E-state index in [0.29, 0.717) is 37.7 Å². The number of allylic oxidation sites excluding steroid dienone is 1. The van der Waals surface area contributed by atoms with Gasteiger partial charge in [0.2, 0.25) is 5.91 Å². The van der Waals surface area contributed by atoms with Gasteiger partial charge in [-0.15, -0.1) is 0 Å². The Morgan fingerprint density at radius 2 is 1.64 bits per heavy atom. The van der Waals surface area contributed by atoms with Crippen molar-refractivity contribution < 1.29 is 18.4 Å². The van der Waals surface area contributed by atoms with Gasteiger partial charge in [0, 0.05) is 12.0 Å². The van der Waals surface area contributed by atoms with Crippen LogP contribution in [-0.4, -0.2) is 11.8 Å². The van der Waals surface area contributed by atoms with Gasteiger partial charge in [-0.2, -0.15) is 8.78 Å². The molecule has 0 aliphatic heterocycles. The summed E-state index contributed by atoms with van der Waals surface area (Å²) in [6, 6.07) is 8.50. The van der Waals surface area contributed by atoms with Crippen LogP contribution in [0.25, 0.3) is 0 Å². The first-order valence-electron chi connectivity index (χ1n) is 7.46. The van der Waals surface area contributed by atoms with Gasteiger partial charge in [0.1, 0.15) is 0 Å². The lowest BCUT2D eigenvalue weighted by molar-refractivity contribution is -0.120. The van der Waals surface area contributed by atoms with Gasteiger partial charge in [-0.05, 0) is 43.4 Å². The number of carbonyl (C=O) groups excluding carboxylic acids is 2. The molecule has 0 spiro atoms. The van der Waals surface area contributed by atoms with Crippen LogP contribution in [0.3, 0.4) is 0 Å². The highest BCUT2D eigenvalue weighted by molar-refractivity contribution is 6.04. The Balaban J connectivity index is 2.22. The normalized spacial score (nSPS) is 10.1. The maximum atomic E-state index is 12.4. The Hall–Kier alpha value is -2.04. The molecule has 1 rings (SSSR count). The van der Waals surface area contributed by atoms with E-state index in [1.165, 1.54) is 0 Å². The molecular formula is C17H21F2NO2. The van der Waals surface area contributed by atoms with E-state index < -0.39 is 12.0 Å². The van der Waals surface area contributed by atoms with Gasteiger partial charge in [-0.1, -0.05) is 31.5 Å². The molecule has 0 radical (unpaired) electrons. The molecule has 3 nitrogen and oxygen atoms in total. The van der Waals surface area contributed by atoms with Crippen molar-refractivity contribution in [3.63, 3.8) is 0 Å². The number of benzene rings is 1. The largest absolute Gasteiger partial charge is 0.292 e. The van der Waals surface area contributed by atoms with Crippen LogP contribution in [0.15, 0.2) is 42.0 Å². The minimum absolute atomic E-state index is 0.184. The molecule has 22 heavy (non-hydrogen) atoms. The number of rotatable bonds is 8. The van der Waals surface area contributed by atoms with Gasteiger partial charge in [-0.25, -0.2) is 0 Å². The number of unbranched alkanes of at least 4 members (excludes halogenated alkanes) is 2. The molecule has 0 bridgehead atoms. The zero-order valence-electron chi connectivity index (χ0n) is 12.7. The minimum Gasteiger partial charge on any atom is -0.292 e. The van der Waals surface area contributed by atoms with E-state index in [9.17, 15) is 18.4 Å². The second-order valence-electron chi connectivity index (χ2n) is 5.02. The SMILES string of the molecule is CCC(CCCCCC(=O)NC(=O)c1ccccc1)=C(F)F. The average molecular weight is 309 g/mol. The first-order chi connectivity index (χ1) is 10.5. The fourth-order valence-electron chi connectivity index (χ4n) is 2.06. The summed E-state index contributed by atoms with van der Waals surface area (Å²) >= 11 is 0. The summed E-state index contributed by atoms with van der Waals surface area (Å²) in [7, 11) is 0. The number of hydrogen-bond donors (Lipinski definition) is 1. The topological polar surface area (TPSA) is 46.2 Å². The quantitative estimate of drug-likeness (QED) is 0.721. The zero-order valence-corrected chi connectivity index (χ0v) is 12.7.